The molecule has 1 aromatic rings. The van der Waals surface area contributed by atoms with Gasteiger partial charge in [-0.25, -0.2) is 9.97 Å². The van der Waals surface area contributed by atoms with Gasteiger partial charge in [-0.3, -0.25) is 0 Å². The van der Waals surface area contributed by atoms with Crippen molar-refractivity contribution in [1.29, 1.82) is 5.26 Å². The quantitative estimate of drug-likeness (QED) is 0.668. The summed E-state index contributed by atoms with van der Waals surface area (Å²) in [5.41, 5.74) is 5.72. The third kappa shape index (κ3) is 1.68. The summed E-state index contributed by atoms with van der Waals surface area (Å²) >= 11 is 0. The molecule has 0 radical (unpaired) electrons. The summed E-state index contributed by atoms with van der Waals surface area (Å²) in [6.45, 7) is 0.301. The van der Waals surface area contributed by atoms with Gasteiger partial charge in [-0.2, -0.15) is 5.26 Å². The molecule has 0 aliphatic carbocycles. The molecule has 0 unspecified atom stereocenters. The Morgan fingerprint density at radius 3 is 3.00 bits per heavy atom. The van der Waals surface area contributed by atoms with Gasteiger partial charge in [-0.1, -0.05) is 0 Å². The minimum atomic E-state index is 0.194. The summed E-state index contributed by atoms with van der Waals surface area (Å²) in [5.74, 6) is 0.675. The first-order valence-corrected chi connectivity index (χ1v) is 3.28. The molecule has 5 nitrogen and oxygen atoms in total. The SMILES string of the molecule is COCc1ncc(C#N)c(N)n1. The molecule has 0 saturated heterocycles. The van der Waals surface area contributed by atoms with Crippen LogP contribution in [0.15, 0.2) is 6.20 Å². The molecule has 0 spiro atoms. The smallest absolute Gasteiger partial charge is 0.156 e. The summed E-state index contributed by atoms with van der Waals surface area (Å²) in [5, 5.41) is 8.50. The van der Waals surface area contributed by atoms with Crippen LogP contribution in [0.1, 0.15) is 11.4 Å². The standard InChI is InChI=1S/C7H8N4O/c1-12-4-6-10-3-5(2-8)7(9)11-6/h3H,4H2,1H3,(H2,9,10,11). The maximum atomic E-state index is 8.50. The molecule has 0 atom stereocenters. The van der Waals surface area contributed by atoms with Crippen molar-refractivity contribution in [2.24, 2.45) is 0 Å². The van der Waals surface area contributed by atoms with Crippen LogP contribution < -0.4 is 5.73 Å². The molecule has 12 heavy (non-hydrogen) atoms. The van der Waals surface area contributed by atoms with Crippen LogP contribution in [0.4, 0.5) is 5.82 Å². The van der Waals surface area contributed by atoms with Gasteiger partial charge in [-0.15, -0.1) is 0 Å². The number of nitrogen functional groups attached to an aromatic ring is 1. The Morgan fingerprint density at radius 1 is 1.75 bits per heavy atom. The van der Waals surface area contributed by atoms with E-state index in [1.54, 1.807) is 0 Å². The Hall–Kier alpha value is -1.67. The van der Waals surface area contributed by atoms with Crippen molar-refractivity contribution in [3.63, 3.8) is 0 Å². The molecule has 0 bridgehead atoms. The minimum absolute atomic E-state index is 0.194. The van der Waals surface area contributed by atoms with Gasteiger partial charge in [-0.05, 0) is 0 Å². The number of hydrogen-bond donors (Lipinski definition) is 1. The predicted octanol–water partition coefficient (Wildman–Crippen LogP) is 0.0769. The topological polar surface area (TPSA) is 84.8 Å². The van der Waals surface area contributed by atoms with E-state index < -0.39 is 0 Å². The second-order valence-electron chi connectivity index (χ2n) is 2.13. The largest absolute Gasteiger partial charge is 0.382 e. The van der Waals surface area contributed by atoms with E-state index in [9.17, 15) is 0 Å². The van der Waals surface area contributed by atoms with Gasteiger partial charge < -0.3 is 10.5 Å². The Bertz CT molecular complexity index is 318. The van der Waals surface area contributed by atoms with Crippen molar-refractivity contribution < 1.29 is 4.74 Å². The summed E-state index contributed by atoms with van der Waals surface area (Å²) in [7, 11) is 1.54. The Balaban J connectivity index is 2.96. The van der Waals surface area contributed by atoms with Gasteiger partial charge >= 0.3 is 0 Å². The first-order valence-electron chi connectivity index (χ1n) is 3.28. The first-order chi connectivity index (χ1) is 5.77. The zero-order chi connectivity index (χ0) is 8.97. The van der Waals surface area contributed by atoms with Crippen molar-refractivity contribution >= 4 is 5.82 Å². The van der Waals surface area contributed by atoms with Crippen LogP contribution in [0.25, 0.3) is 0 Å². The molecule has 0 saturated carbocycles. The number of rotatable bonds is 2. The number of anilines is 1. The molecule has 0 aliphatic rings. The van der Waals surface area contributed by atoms with Crippen LogP contribution >= 0.6 is 0 Å². The van der Waals surface area contributed by atoms with Crippen LogP contribution in [-0.2, 0) is 11.3 Å². The minimum Gasteiger partial charge on any atom is -0.382 e. The van der Waals surface area contributed by atoms with Crippen LogP contribution in [0.2, 0.25) is 0 Å². The van der Waals surface area contributed by atoms with E-state index in [4.69, 9.17) is 15.7 Å². The molecule has 62 valence electrons. The van der Waals surface area contributed by atoms with Crippen LogP contribution in [-0.4, -0.2) is 17.1 Å². The maximum absolute atomic E-state index is 8.50. The van der Waals surface area contributed by atoms with Gasteiger partial charge in [0.25, 0.3) is 0 Å². The molecule has 5 heteroatoms. The van der Waals surface area contributed by atoms with E-state index >= 15 is 0 Å². The molecule has 0 amide bonds. The molecular weight excluding hydrogens is 156 g/mol. The highest BCUT2D eigenvalue weighted by Crippen LogP contribution is 2.05. The molecule has 0 aromatic carbocycles. The highest BCUT2D eigenvalue weighted by molar-refractivity contribution is 5.46. The lowest BCUT2D eigenvalue weighted by Gasteiger charge is -1.99. The van der Waals surface area contributed by atoms with E-state index in [0.29, 0.717) is 12.4 Å². The molecule has 0 fully saturated rings. The van der Waals surface area contributed by atoms with Crippen molar-refractivity contribution in [3.8, 4) is 6.07 Å². The van der Waals surface area contributed by atoms with Gasteiger partial charge in [0, 0.05) is 7.11 Å². The van der Waals surface area contributed by atoms with Crippen molar-refractivity contribution in [2.75, 3.05) is 12.8 Å². The summed E-state index contributed by atoms with van der Waals surface area (Å²) in [4.78, 5) is 7.71. The van der Waals surface area contributed by atoms with E-state index in [1.807, 2.05) is 6.07 Å². The van der Waals surface area contributed by atoms with Gasteiger partial charge in [0.05, 0.1) is 6.20 Å². The average molecular weight is 164 g/mol. The Labute approximate surface area is 69.8 Å². The number of ether oxygens (including phenoxy) is 1. The average Bonchev–Trinajstić information content (AvgIpc) is 2.05. The lowest BCUT2D eigenvalue weighted by atomic mass is 10.3. The third-order valence-corrected chi connectivity index (χ3v) is 1.26. The van der Waals surface area contributed by atoms with E-state index in [1.165, 1.54) is 13.3 Å². The van der Waals surface area contributed by atoms with E-state index in [2.05, 4.69) is 9.97 Å². The van der Waals surface area contributed by atoms with E-state index in [0.717, 1.165) is 0 Å². The van der Waals surface area contributed by atoms with Crippen molar-refractivity contribution in [1.82, 2.24) is 9.97 Å². The van der Waals surface area contributed by atoms with Crippen LogP contribution in [0.5, 0.6) is 0 Å². The fourth-order valence-corrected chi connectivity index (χ4v) is 0.718. The fraction of sp³-hybridized carbons (Fsp3) is 0.286. The second kappa shape index (κ2) is 3.64. The highest BCUT2D eigenvalue weighted by atomic mass is 16.5. The number of nitriles is 1. The zero-order valence-electron chi connectivity index (χ0n) is 6.61. The molecule has 1 rings (SSSR count). The number of hydrogen-bond acceptors (Lipinski definition) is 5. The monoisotopic (exact) mass is 164 g/mol. The third-order valence-electron chi connectivity index (χ3n) is 1.26. The lowest BCUT2D eigenvalue weighted by Crippen LogP contribution is -2.02. The highest BCUT2D eigenvalue weighted by Gasteiger charge is 2.01. The van der Waals surface area contributed by atoms with Gasteiger partial charge in [0.15, 0.2) is 5.82 Å². The molecule has 0 aliphatic heterocycles. The number of aromatic nitrogens is 2. The first kappa shape index (κ1) is 8.43. The van der Waals surface area contributed by atoms with Crippen molar-refractivity contribution in [2.45, 2.75) is 6.61 Å². The Kier molecular flexibility index (Phi) is 2.56. The number of nitrogens with zero attached hydrogens (tertiary/aromatic N) is 3. The van der Waals surface area contributed by atoms with Crippen LogP contribution in [0, 0.1) is 11.3 Å². The van der Waals surface area contributed by atoms with Gasteiger partial charge in [0.1, 0.15) is 24.1 Å². The summed E-state index contributed by atoms with van der Waals surface area (Å²) < 4.78 is 4.79. The lowest BCUT2D eigenvalue weighted by molar-refractivity contribution is 0.178. The number of nitrogens with two attached hydrogens (primary N) is 1. The predicted molar refractivity (Wildman–Crippen MR) is 41.9 cm³/mol. The fourth-order valence-electron chi connectivity index (χ4n) is 0.718. The zero-order valence-corrected chi connectivity index (χ0v) is 6.61. The number of methoxy groups -OCH3 is 1. The van der Waals surface area contributed by atoms with Crippen molar-refractivity contribution in [3.05, 3.63) is 17.6 Å². The van der Waals surface area contributed by atoms with E-state index in [-0.39, 0.29) is 11.4 Å². The van der Waals surface area contributed by atoms with Gasteiger partial charge in [0.2, 0.25) is 0 Å². The molecule has 1 heterocycles. The molecule has 1 aromatic heterocycles. The van der Waals surface area contributed by atoms with Crippen LogP contribution in [0.3, 0.4) is 0 Å². The summed E-state index contributed by atoms with van der Waals surface area (Å²) in [6, 6.07) is 1.87. The molecular formula is C7H8N4O. The normalized spacial score (nSPS) is 9.33. The summed E-state index contributed by atoms with van der Waals surface area (Å²) in [6.07, 6.45) is 1.39. The Morgan fingerprint density at radius 2 is 2.50 bits per heavy atom. The molecule has 2 N–H and O–H groups in total. The second-order valence-corrected chi connectivity index (χ2v) is 2.13. The maximum Gasteiger partial charge on any atom is 0.156 e.